The molecule has 0 heterocycles. The summed E-state index contributed by atoms with van der Waals surface area (Å²) < 4.78 is 12.6. The molecule has 0 atom stereocenters. The highest BCUT2D eigenvalue weighted by atomic mass is 19.1. The molecule has 0 aliphatic carbocycles. The summed E-state index contributed by atoms with van der Waals surface area (Å²) >= 11 is 0. The minimum absolute atomic E-state index is 0.0810. The molecule has 1 aromatic rings. The van der Waals surface area contributed by atoms with E-state index in [1.54, 1.807) is 6.92 Å². The van der Waals surface area contributed by atoms with Crippen LogP contribution in [0.25, 0.3) is 0 Å². The predicted molar refractivity (Wildman–Crippen MR) is 47.8 cm³/mol. The van der Waals surface area contributed by atoms with Gasteiger partial charge >= 0.3 is 0 Å². The minimum atomic E-state index is -0.441. The highest BCUT2D eigenvalue weighted by molar-refractivity contribution is 5.80. The van der Waals surface area contributed by atoms with Gasteiger partial charge in [-0.25, -0.2) is 9.38 Å². The number of rotatable bonds is 1. The molecular weight excluding hydrogens is 157 g/mol. The Hall–Kier alpha value is -1.58. The fraction of sp³-hybridized carbons (Fsp3) is 0.125. The van der Waals surface area contributed by atoms with Crippen molar-refractivity contribution >= 4 is 17.2 Å². The van der Waals surface area contributed by atoms with Gasteiger partial charge in [-0.1, -0.05) is 0 Å². The summed E-state index contributed by atoms with van der Waals surface area (Å²) in [5, 5.41) is 0. The molecule has 0 saturated carbocycles. The molecular formula is C8H10FN3. The number of hydrogen-bond donors (Lipinski definition) is 2. The first-order valence-electron chi connectivity index (χ1n) is 3.45. The van der Waals surface area contributed by atoms with Crippen molar-refractivity contribution in [2.24, 2.45) is 10.7 Å². The molecule has 0 bridgehead atoms. The number of amidine groups is 1. The Morgan fingerprint density at radius 3 is 2.67 bits per heavy atom. The third-order valence-electron chi connectivity index (χ3n) is 1.29. The Balaban J connectivity index is 3.05. The largest absolute Gasteiger partial charge is 0.396 e. The summed E-state index contributed by atoms with van der Waals surface area (Å²) in [6.07, 6.45) is 0. The molecule has 0 amide bonds. The second kappa shape index (κ2) is 3.21. The Kier molecular flexibility index (Phi) is 2.28. The second-order valence-electron chi connectivity index (χ2n) is 2.46. The molecule has 0 unspecified atom stereocenters. The maximum atomic E-state index is 12.6. The maximum Gasteiger partial charge on any atom is 0.146 e. The van der Waals surface area contributed by atoms with Gasteiger partial charge in [-0.2, -0.15) is 0 Å². The van der Waals surface area contributed by atoms with E-state index < -0.39 is 5.82 Å². The Bertz CT molecular complexity index is 316. The molecule has 0 aromatic heterocycles. The van der Waals surface area contributed by atoms with Gasteiger partial charge < -0.3 is 11.5 Å². The third-order valence-corrected chi connectivity index (χ3v) is 1.29. The molecule has 0 saturated heterocycles. The topological polar surface area (TPSA) is 64.4 Å². The lowest BCUT2D eigenvalue weighted by atomic mass is 10.3. The number of anilines is 1. The molecule has 3 nitrogen and oxygen atoms in total. The molecule has 0 radical (unpaired) electrons. The zero-order valence-electron chi connectivity index (χ0n) is 6.71. The average Bonchev–Trinajstić information content (AvgIpc) is 1.96. The lowest BCUT2D eigenvalue weighted by molar-refractivity contribution is 0.632. The van der Waals surface area contributed by atoms with Crippen LogP contribution in [0.3, 0.4) is 0 Å². The summed E-state index contributed by atoms with van der Waals surface area (Å²) in [4.78, 5) is 3.91. The van der Waals surface area contributed by atoms with Crippen LogP contribution < -0.4 is 11.5 Å². The lowest BCUT2D eigenvalue weighted by Gasteiger charge is -1.98. The van der Waals surface area contributed by atoms with Crippen LogP contribution in [0.1, 0.15) is 6.92 Å². The van der Waals surface area contributed by atoms with Crippen LogP contribution in [0.5, 0.6) is 0 Å². The van der Waals surface area contributed by atoms with E-state index in [0.717, 1.165) is 0 Å². The summed E-state index contributed by atoms with van der Waals surface area (Å²) in [5.41, 5.74) is 11.3. The normalized spacial score (nSPS) is 11.7. The summed E-state index contributed by atoms with van der Waals surface area (Å²) in [6.45, 7) is 1.65. The number of nitrogens with zero attached hydrogens (tertiary/aromatic N) is 1. The van der Waals surface area contributed by atoms with E-state index in [4.69, 9.17) is 11.5 Å². The van der Waals surface area contributed by atoms with E-state index in [2.05, 4.69) is 4.99 Å². The standard InChI is InChI=1S/C8H10FN3/c1-5(10)12-6-2-3-7(9)8(11)4-6/h2-4H,11H2,1H3,(H2,10,12). The Labute approximate surface area is 69.9 Å². The fourth-order valence-corrected chi connectivity index (χ4v) is 0.804. The van der Waals surface area contributed by atoms with Crippen LogP contribution in [-0.4, -0.2) is 5.84 Å². The van der Waals surface area contributed by atoms with Crippen molar-refractivity contribution in [2.45, 2.75) is 6.92 Å². The molecule has 0 spiro atoms. The summed E-state index contributed by atoms with van der Waals surface area (Å²) in [5.74, 6) is -0.0235. The average molecular weight is 167 g/mol. The van der Waals surface area contributed by atoms with Crippen molar-refractivity contribution < 1.29 is 4.39 Å². The SMILES string of the molecule is CC(N)=Nc1ccc(F)c(N)c1. The molecule has 1 rings (SSSR count). The van der Waals surface area contributed by atoms with Gasteiger partial charge in [0, 0.05) is 0 Å². The molecule has 0 fully saturated rings. The molecule has 4 heteroatoms. The van der Waals surface area contributed by atoms with Gasteiger partial charge in [-0.05, 0) is 25.1 Å². The van der Waals surface area contributed by atoms with Crippen molar-refractivity contribution in [3.8, 4) is 0 Å². The van der Waals surface area contributed by atoms with Crippen LogP contribution in [0.15, 0.2) is 23.2 Å². The van der Waals surface area contributed by atoms with Crippen molar-refractivity contribution in [3.05, 3.63) is 24.0 Å². The summed E-state index contributed by atoms with van der Waals surface area (Å²) in [6, 6.07) is 4.21. The van der Waals surface area contributed by atoms with Crippen molar-refractivity contribution in [2.75, 3.05) is 5.73 Å². The fourth-order valence-electron chi connectivity index (χ4n) is 0.804. The smallest absolute Gasteiger partial charge is 0.146 e. The highest BCUT2D eigenvalue weighted by Crippen LogP contribution is 2.18. The van der Waals surface area contributed by atoms with Gasteiger partial charge in [0.1, 0.15) is 5.82 Å². The minimum Gasteiger partial charge on any atom is -0.396 e. The van der Waals surface area contributed by atoms with E-state index in [-0.39, 0.29) is 5.69 Å². The molecule has 12 heavy (non-hydrogen) atoms. The highest BCUT2D eigenvalue weighted by Gasteiger charge is 1.97. The number of halogens is 1. The monoisotopic (exact) mass is 167 g/mol. The van der Waals surface area contributed by atoms with Crippen molar-refractivity contribution in [1.29, 1.82) is 0 Å². The van der Waals surface area contributed by atoms with E-state index in [1.807, 2.05) is 0 Å². The number of nitrogen functional groups attached to an aromatic ring is 1. The first-order chi connectivity index (χ1) is 5.59. The van der Waals surface area contributed by atoms with Crippen LogP contribution in [0.2, 0.25) is 0 Å². The van der Waals surface area contributed by atoms with Gasteiger partial charge in [0.05, 0.1) is 17.2 Å². The number of hydrogen-bond acceptors (Lipinski definition) is 2. The van der Waals surface area contributed by atoms with Crippen molar-refractivity contribution in [3.63, 3.8) is 0 Å². The van der Waals surface area contributed by atoms with Crippen LogP contribution in [-0.2, 0) is 0 Å². The van der Waals surface area contributed by atoms with E-state index in [0.29, 0.717) is 11.5 Å². The van der Waals surface area contributed by atoms with Gasteiger partial charge in [-0.15, -0.1) is 0 Å². The third kappa shape index (κ3) is 1.95. The first kappa shape index (κ1) is 8.52. The number of aliphatic imine (C=N–C) groups is 1. The summed E-state index contributed by atoms with van der Waals surface area (Å²) in [7, 11) is 0. The Morgan fingerprint density at radius 2 is 2.17 bits per heavy atom. The Morgan fingerprint density at radius 1 is 1.50 bits per heavy atom. The first-order valence-corrected chi connectivity index (χ1v) is 3.45. The molecule has 64 valence electrons. The molecule has 1 aromatic carbocycles. The van der Waals surface area contributed by atoms with Gasteiger partial charge in [0.2, 0.25) is 0 Å². The van der Waals surface area contributed by atoms with Crippen molar-refractivity contribution in [1.82, 2.24) is 0 Å². The van der Waals surface area contributed by atoms with Gasteiger partial charge in [-0.3, -0.25) is 0 Å². The lowest BCUT2D eigenvalue weighted by Crippen LogP contribution is -2.03. The zero-order chi connectivity index (χ0) is 9.14. The van der Waals surface area contributed by atoms with Crippen LogP contribution in [0.4, 0.5) is 15.8 Å². The van der Waals surface area contributed by atoms with E-state index >= 15 is 0 Å². The number of nitrogens with two attached hydrogens (primary N) is 2. The zero-order valence-corrected chi connectivity index (χ0v) is 6.71. The molecule has 0 aliphatic rings. The predicted octanol–water partition coefficient (Wildman–Crippen LogP) is 1.42. The number of benzene rings is 1. The molecule has 0 aliphatic heterocycles. The van der Waals surface area contributed by atoms with Crippen LogP contribution in [0, 0.1) is 5.82 Å². The van der Waals surface area contributed by atoms with Gasteiger partial charge in [0.25, 0.3) is 0 Å². The van der Waals surface area contributed by atoms with E-state index in [9.17, 15) is 4.39 Å². The second-order valence-corrected chi connectivity index (χ2v) is 2.46. The van der Waals surface area contributed by atoms with Gasteiger partial charge in [0.15, 0.2) is 0 Å². The maximum absolute atomic E-state index is 12.6. The molecule has 4 N–H and O–H groups in total. The quantitative estimate of drug-likeness (QED) is 0.377. The van der Waals surface area contributed by atoms with Crippen LogP contribution >= 0.6 is 0 Å². The van der Waals surface area contributed by atoms with E-state index in [1.165, 1.54) is 18.2 Å².